The number of carbonyl (C=O) groups excluding carboxylic acids is 3. The third-order valence-corrected chi connectivity index (χ3v) is 6.58. The van der Waals surface area contributed by atoms with Crippen molar-refractivity contribution in [2.45, 2.75) is 142 Å². The lowest BCUT2D eigenvalue weighted by molar-refractivity contribution is -0.188. The molecule has 0 aromatic carbocycles. The smallest absolute Gasteiger partial charge is 0.339 e. The number of rotatable bonds is 23. The molecule has 0 radical (unpaired) electrons. The standard InChI is InChI=1S/C33H67N5O6/c1-30(2,3)42-27(39)26(33(35,28(40)43-31(4,5)6)29(41)44-32(7,8)9)18-14-13-17-21-37-23-25-38-24-22-36-20-16-12-10-11-15-19-34/h26,36-38H,10-25,34-35H2,1-9H3. The second kappa shape index (κ2) is 21.1. The number of hydrogen-bond donors (Lipinski definition) is 5. The minimum atomic E-state index is -2.36. The first kappa shape index (κ1) is 42.2. The van der Waals surface area contributed by atoms with Crippen molar-refractivity contribution in [3.8, 4) is 0 Å². The maximum absolute atomic E-state index is 13.4. The van der Waals surface area contributed by atoms with Crippen molar-refractivity contribution in [2.75, 3.05) is 45.8 Å². The van der Waals surface area contributed by atoms with Gasteiger partial charge < -0.3 is 41.6 Å². The molecule has 0 fully saturated rings. The summed E-state index contributed by atoms with van der Waals surface area (Å²) in [5.41, 5.74) is 7.04. The predicted octanol–water partition coefficient (Wildman–Crippen LogP) is 3.56. The molecule has 0 heterocycles. The van der Waals surface area contributed by atoms with Crippen LogP contribution in [0.25, 0.3) is 0 Å². The first-order valence-corrected chi connectivity index (χ1v) is 16.6. The zero-order chi connectivity index (χ0) is 33.9. The maximum atomic E-state index is 13.4. The van der Waals surface area contributed by atoms with E-state index in [-0.39, 0.29) is 6.42 Å². The summed E-state index contributed by atoms with van der Waals surface area (Å²) in [6, 6.07) is 0. The van der Waals surface area contributed by atoms with Gasteiger partial charge in [-0.05, 0) is 108 Å². The molecule has 11 heteroatoms. The topological polar surface area (TPSA) is 167 Å². The molecule has 0 aliphatic carbocycles. The molecule has 11 nitrogen and oxygen atoms in total. The summed E-state index contributed by atoms with van der Waals surface area (Å²) < 4.78 is 16.7. The number of ether oxygens (including phenoxy) is 3. The van der Waals surface area contributed by atoms with E-state index in [1.807, 2.05) is 0 Å². The number of nitrogens with two attached hydrogens (primary N) is 2. The number of esters is 3. The van der Waals surface area contributed by atoms with Crippen molar-refractivity contribution in [1.82, 2.24) is 16.0 Å². The van der Waals surface area contributed by atoms with Crippen LogP contribution in [0, 0.1) is 5.92 Å². The van der Waals surface area contributed by atoms with Crippen LogP contribution in [-0.2, 0) is 28.6 Å². The fraction of sp³-hybridized carbons (Fsp3) is 0.909. The molecule has 0 aromatic rings. The molecule has 0 aliphatic heterocycles. The Balaban J connectivity index is 4.84. The van der Waals surface area contributed by atoms with Gasteiger partial charge in [0.15, 0.2) is 0 Å². The Morgan fingerprint density at radius 2 is 0.909 bits per heavy atom. The fourth-order valence-electron chi connectivity index (χ4n) is 4.43. The SMILES string of the molecule is CC(C)(C)OC(=O)C(CCCCCNCCNCCNCCCCCCCN)C(N)(C(=O)OC(C)(C)C)C(=O)OC(C)(C)C. The van der Waals surface area contributed by atoms with Gasteiger partial charge >= 0.3 is 17.9 Å². The van der Waals surface area contributed by atoms with Crippen LogP contribution in [0.15, 0.2) is 0 Å². The number of carbonyl (C=O) groups is 3. The lowest BCUT2D eigenvalue weighted by Gasteiger charge is -2.37. The van der Waals surface area contributed by atoms with E-state index in [1.165, 1.54) is 25.7 Å². The third-order valence-electron chi connectivity index (χ3n) is 6.58. The summed E-state index contributed by atoms with van der Waals surface area (Å²) in [6.07, 6.45) is 8.46. The first-order valence-electron chi connectivity index (χ1n) is 16.6. The van der Waals surface area contributed by atoms with Crippen LogP contribution in [0.4, 0.5) is 0 Å². The molecule has 1 atom stereocenters. The zero-order valence-electron chi connectivity index (χ0n) is 29.5. The van der Waals surface area contributed by atoms with E-state index in [9.17, 15) is 14.4 Å². The minimum Gasteiger partial charge on any atom is -0.460 e. The Labute approximate surface area is 268 Å². The Morgan fingerprint density at radius 1 is 0.545 bits per heavy atom. The predicted molar refractivity (Wildman–Crippen MR) is 177 cm³/mol. The average Bonchev–Trinajstić information content (AvgIpc) is 2.86. The molecule has 0 spiro atoms. The summed E-state index contributed by atoms with van der Waals surface area (Å²) in [6.45, 7) is 21.5. The molecule has 0 saturated carbocycles. The van der Waals surface area contributed by atoms with Crippen molar-refractivity contribution in [2.24, 2.45) is 17.4 Å². The average molecular weight is 630 g/mol. The van der Waals surface area contributed by atoms with Crippen molar-refractivity contribution >= 4 is 17.9 Å². The van der Waals surface area contributed by atoms with Crippen LogP contribution in [0.3, 0.4) is 0 Å². The van der Waals surface area contributed by atoms with Gasteiger partial charge in [0.25, 0.3) is 0 Å². The molecule has 260 valence electrons. The molecule has 0 rings (SSSR count). The third kappa shape index (κ3) is 20.3. The summed E-state index contributed by atoms with van der Waals surface area (Å²) in [5, 5.41) is 10.3. The van der Waals surface area contributed by atoms with E-state index in [1.54, 1.807) is 62.3 Å². The van der Waals surface area contributed by atoms with Gasteiger partial charge in [-0.25, -0.2) is 9.59 Å². The molecule has 0 saturated heterocycles. The monoisotopic (exact) mass is 630 g/mol. The van der Waals surface area contributed by atoms with Gasteiger partial charge in [-0.15, -0.1) is 0 Å². The fourth-order valence-corrected chi connectivity index (χ4v) is 4.43. The minimum absolute atomic E-state index is 0.173. The van der Waals surface area contributed by atoms with Crippen molar-refractivity contribution < 1.29 is 28.6 Å². The molecular formula is C33H67N5O6. The highest BCUT2D eigenvalue weighted by molar-refractivity contribution is 6.08. The number of hydrogen-bond acceptors (Lipinski definition) is 11. The van der Waals surface area contributed by atoms with E-state index in [0.717, 1.165) is 65.1 Å². The van der Waals surface area contributed by atoms with Crippen LogP contribution in [-0.4, -0.2) is 86.1 Å². The van der Waals surface area contributed by atoms with Crippen molar-refractivity contribution in [3.05, 3.63) is 0 Å². The van der Waals surface area contributed by atoms with Crippen molar-refractivity contribution in [1.29, 1.82) is 0 Å². The van der Waals surface area contributed by atoms with Gasteiger partial charge in [0.1, 0.15) is 16.8 Å². The number of unbranched alkanes of at least 4 members (excludes halogenated alkanes) is 6. The van der Waals surface area contributed by atoms with Gasteiger partial charge in [-0.2, -0.15) is 0 Å². The molecule has 0 aromatic heterocycles. The lowest BCUT2D eigenvalue weighted by Crippen LogP contribution is -2.65. The van der Waals surface area contributed by atoms with Crippen LogP contribution in [0.5, 0.6) is 0 Å². The van der Waals surface area contributed by atoms with E-state index in [2.05, 4.69) is 16.0 Å². The molecule has 7 N–H and O–H groups in total. The van der Waals surface area contributed by atoms with Crippen molar-refractivity contribution in [3.63, 3.8) is 0 Å². The zero-order valence-corrected chi connectivity index (χ0v) is 29.5. The van der Waals surface area contributed by atoms with E-state index in [0.29, 0.717) is 6.42 Å². The van der Waals surface area contributed by atoms with E-state index >= 15 is 0 Å². The molecular weight excluding hydrogens is 562 g/mol. The first-order chi connectivity index (χ1) is 20.3. The summed E-state index contributed by atoms with van der Waals surface area (Å²) in [7, 11) is 0. The molecule has 0 aliphatic rings. The highest BCUT2D eigenvalue weighted by Gasteiger charge is 2.57. The molecule has 1 unspecified atom stereocenters. The second-order valence-corrected chi connectivity index (χ2v) is 14.6. The second-order valence-electron chi connectivity index (χ2n) is 14.6. The van der Waals surface area contributed by atoms with Gasteiger partial charge in [0.05, 0.1) is 5.92 Å². The van der Waals surface area contributed by atoms with Gasteiger partial charge in [-0.1, -0.05) is 32.1 Å². The van der Waals surface area contributed by atoms with Crippen LogP contribution < -0.4 is 27.4 Å². The quantitative estimate of drug-likeness (QED) is 0.0485. The van der Waals surface area contributed by atoms with E-state index in [4.69, 9.17) is 25.7 Å². The number of nitrogens with one attached hydrogen (secondary N) is 3. The van der Waals surface area contributed by atoms with Gasteiger partial charge in [0.2, 0.25) is 5.54 Å². The molecule has 0 bridgehead atoms. The Kier molecular flexibility index (Phi) is 20.2. The van der Waals surface area contributed by atoms with Crippen LogP contribution >= 0.6 is 0 Å². The van der Waals surface area contributed by atoms with Crippen LogP contribution in [0.1, 0.15) is 120 Å². The summed E-state index contributed by atoms with van der Waals surface area (Å²) in [5.74, 6) is -4.00. The Hall–Kier alpha value is -1.79. The largest absolute Gasteiger partial charge is 0.460 e. The summed E-state index contributed by atoms with van der Waals surface area (Å²) in [4.78, 5) is 40.3. The van der Waals surface area contributed by atoms with Crippen LogP contribution in [0.2, 0.25) is 0 Å². The molecule has 44 heavy (non-hydrogen) atoms. The van der Waals surface area contributed by atoms with Gasteiger partial charge in [0, 0.05) is 26.2 Å². The van der Waals surface area contributed by atoms with E-state index < -0.39 is 46.2 Å². The lowest BCUT2D eigenvalue weighted by atomic mass is 9.80. The highest BCUT2D eigenvalue weighted by atomic mass is 16.6. The Morgan fingerprint density at radius 3 is 1.32 bits per heavy atom. The molecule has 0 amide bonds. The van der Waals surface area contributed by atoms with Gasteiger partial charge in [-0.3, -0.25) is 4.79 Å². The summed E-state index contributed by atoms with van der Waals surface area (Å²) >= 11 is 0. The highest BCUT2D eigenvalue weighted by Crippen LogP contribution is 2.31. The normalized spacial score (nSPS) is 13.4. The maximum Gasteiger partial charge on any atom is 0.339 e. The Bertz CT molecular complexity index is 789.